The lowest BCUT2D eigenvalue weighted by atomic mass is 10.1. The second kappa shape index (κ2) is 5.27. The summed E-state index contributed by atoms with van der Waals surface area (Å²) in [6.45, 7) is -0.451. The summed E-state index contributed by atoms with van der Waals surface area (Å²) in [6.07, 6.45) is 0. The van der Waals surface area contributed by atoms with E-state index in [1.807, 2.05) is 5.48 Å². The Morgan fingerprint density at radius 1 is 1.32 bits per heavy atom. The lowest BCUT2D eigenvalue weighted by Gasteiger charge is -2.05. The van der Waals surface area contributed by atoms with Crippen molar-refractivity contribution in [1.29, 1.82) is 0 Å². The van der Waals surface area contributed by atoms with Gasteiger partial charge in [-0.25, -0.2) is 10.6 Å². The third-order valence-electron chi connectivity index (χ3n) is 2.29. The highest BCUT2D eigenvalue weighted by Crippen LogP contribution is 2.11. The van der Waals surface area contributed by atoms with Gasteiger partial charge in [-0.15, -0.1) is 0 Å². The molecule has 0 aliphatic carbocycles. The van der Waals surface area contributed by atoms with Crippen LogP contribution in [0.4, 0.5) is 0 Å². The summed E-state index contributed by atoms with van der Waals surface area (Å²) in [4.78, 5) is 38.3. The first-order valence-corrected chi connectivity index (χ1v) is 5.27. The zero-order chi connectivity index (χ0) is 13.8. The number of hydroxylamine groups is 1. The molecule has 0 saturated heterocycles. The molecule has 2 aromatic rings. The highest BCUT2D eigenvalue weighted by molar-refractivity contribution is 6.04. The molecule has 0 fully saturated rings. The second-order valence-corrected chi connectivity index (χ2v) is 3.63. The summed E-state index contributed by atoms with van der Waals surface area (Å²) in [7, 11) is 0. The molecule has 8 heteroatoms. The Kier molecular flexibility index (Phi) is 3.53. The molecule has 1 heterocycles. The molecule has 4 N–H and O–H groups in total. The van der Waals surface area contributed by atoms with Crippen LogP contribution in [0.15, 0.2) is 29.1 Å². The van der Waals surface area contributed by atoms with Crippen molar-refractivity contribution in [3.8, 4) is 0 Å². The standard InChI is InChI=1S/C11H10N4O4/c12-8(16)5-19-15-11(18)9-6-3-1-2-4-7(6)10(17)14-13-9/h1-4H,5H2,(H2,12,16)(H,14,17)(H,15,18). The normalized spacial score (nSPS) is 10.3. The Hall–Kier alpha value is -2.74. The van der Waals surface area contributed by atoms with Crippen molar-refractivity contribution in [2.45, 2.75) is 0 Å². The molecule has 98 valence electrons. The van der Waals surface area contributed by atoms with Gasteiger partial charge in [-0.2, -0.15) is 5.10 Å². The molecule has 1 aromatic carbocycles. The number of rotatable bonds is 4. The van der Waals surface area contributed by atoms with Gasteiger partial charge in [-0.05, 0) is 6.07 Å². The number of aromatic amines is 1. The summed E-state index contributed by atoms with van der Waals surface area (Å²) < 4.78 is 0. The maximum atomic E-state index is 11.8. The Morgan fingerprint density at radius 3 is 2.68 bits per heavy atom. The third-order valence-corrected chi connectivity index (χ3v) is 2.29. The Bertz CT molecular complexity index is 694. The number of amides is 2. The van der Waals surface area contributed by atoms with Crippen LogP contribution in [-0.4, -0.2) is 28.6 Å². The van der Waals surface area contributed by atoms with Gasteiger partial charge in [0, 0.05) is 5.39 Å². The number of nitrogens with zero attached hydrogens (tertiary/aromatic N) is 1. The topological polar surface area (TPSA) is 127 Å². The molecule has 0 aliphatic rings. The smallest absolute Gasteiger partial charge is 0.295 e. The van der Waals surface area contributed by atoms with Gasteiger partial charge in [-0.3, -0.25) is 19.2 Å². The predicted molar refractivity (Wildman–Crippen MR) is 65.0 cm³/mol. The van der Waals surface area contributed by atoms with E-state index in [2.05, 4.69) is 15.0 Å². The van der Waals surface area contributed by atoms with Gasteiger partial charge in [0.15, 0.2) is 12.3 Å². The lowest BCUT2D eigenvalue weighted by molar-refractivity contribution is -0.124. The van der Waals surface area contributed by atoms with E-state index in [0.717, 1.165) is 0 Å². The third kappa shape index (κ3) is 2.75. The summed E-state index contributed by atoms with van der Waals surface area (Å²) in [5.74, 6) is -1.41. The number of nitrogens with two attached hydrogens (primary N) is 1. The van der Waals surface area contributed by atoms with Crippen molar-refractivity contribution in [2.24, 2.45) is 5.73 Å². The van der Waals surface area contributed by atoms with Crippen LogP contribution < -0.4 is 16.8 Å². The number of carbonyl (C=O) groups is 2. The Morgan fingerprint density at radius 2 is 2.00 bits per heavy atom. The lowest BCUT2D eigenvalue weighted by Crippen LogP contribution is -2.30. The second-order valence-electron chi connectivity index (χ2n) is 3.63. The SMILES string of the molecule is NC(=O)CONC(=O)c1n[nH]c(=O)c2ccccc12. The van der Waals surface area contributed by atoms with Crippen LogP contribution in [0.5, 0.6) is 0 Å². The maximum Gasteiger partial charge on any atom is 0.295 e. The van der Waals surface area contributed by atoms with Crippen molar-refractivity contribution in [3.63, 3.8) is 0 Å². The van der Waals surface area contributed by atoms with E-state index in [4.69, 9.17) is 5.73 Å². The fraction of sp³-hybridized carbons (Fsp3) is 0.0909. The summed E-state index contributed by atoms with van der Waals surface area (Å²) in [5, 5.41) is 6.58. The number of fused-ring (bicyclic) bond motifs is 1. The summed E-state index contributed by atoms with van der Waals surface area (Å²) >= 11 is 0. The molecule has 19 heavy (non-hydrogen) atoms. The van der Waals surface area contributed by atoms with Gasteiger partial charge in [0.1, 0.15) is 0 Å². The minimum absolute atomic E-state index is 0.0142. The first-order valence-electron chi connectivity index (χ1n) is 5.27. The molecule has 0 radical (unpaired) electrons. The molecule has 2 rings (SSSR count). The average molecular weight is 262 g/mol. The summed E-state index contributed by atoms with van der Waals surface area (Å²) in [6, 6.07) is 6.49. The van der Waals surface area contributed by atoms with Crippen molar-refractivity contribution in [2.75, 3.05) is 6.61 Å². The minimum atomic E-state index is -0.723. The van der Waals surface area contributed by atoms with Gasteiger partial charge < -0.3 is 5.73 Å². The van der Waals surface area contributed by atoms with Crippen LogP contribution in [0.25, 0.3) is 10.8 Å². The van der Waals surface area contributed by atoms with Crippen molar-refractivity contribution in [1.82, 2.24) is 15.7 Å². The van der Waals surface area contributed by atoms with E-state index in [1.54, 1.807) is 24.3 Å². The van der Waals surface area contributed by atoms with Crippen LogP contribution in [0.2, 0.25) is 0 Å². The number of aromatic nitrogens is 2. The number of H-pyrrole nitrogens is 1. The maximum absolute atomic E-state index is 11.8. The van der Waals surface area contributed by atoms with Crippen molar-refractivity contribution in [3.05, 3.63) is 40.3 Å². The van der Waals surface area contributed by atoms with Crippen molar-refractivity contribution < 1.29 is 14.4 Å². The van der Waals surface area contributed by atoms with E-state index in [1.165, 1.54) is 0 Å². The summed E-state index contributed by atoms with van der Waals surface area (Å²) in [5.41, 5.74) is 6.45. The number of primary amides is 1. The van der Waals surface area contributed by atoms with E-state index in [0.29, 0.717) is 10.8 Å². The Balaban J connectivity index is 2.30. The zero-order valence-corrected chi connectivity index (χ0v) is 9.67. The first-order chi connectivity index (χ1) is 9.09. The molecule has 0 bridgehead atoms. The highest BCUT2D eigenvalue weighted by atomic mass is 16.7. The van der Waals surface area contributed by atoms with Crippen LogP contribution in [0.3, 0.4) is 0 Å². The number of hydrogen-bond donors (Lipinski definition) is 3. The zero-order valence-electron chi connectivity index (χ0n) is 9.67. The number of benzene rings is 1. The Labute approximate surface area is 106 Å². The molecular weight excluding hydrogens is 252 g/mol. The fourth-order valence-electron chi connectivity index (χ4n) is 1.51. The largest absolute Gasteiger partial charge is 0.368 e. The van der Waals surface area contributed by atoms with Gasteiger partial charge in [0.2, 0.25) is 5.91 Å². The van der Waals surface area contributed by atoms with E-state index >= 15 is 0 Å². The van der Waals surface area contributed by atoms with Gasteiger partial charge in [-0.1, -0.05) is 18.2 Å². The molecule has 1 aromatic heterocycles. The molecule has 8 nitrogen and oxygen atoms in total. The fourth-order valence-corrected chi connectivity index (χ4v) is 1.51. The molecule has 0 saturated carbocycles. The van der Waals surface area contributed by atoms with Crippen LogP contribution in [0, 0.1) is 0 Å². The van der Waals surface area contributed by atoms with Crippen LogP contribution in [0.1, 0.15) is 10.5 Å². The number of nitrogens with one attached hydrogen (secondary N) is 2. The predicted octanol–water partition coefficient (Wildman–Crippen LogP) is -0.930. The molecule has 2 amide bonds. The first kappa shape index (κ1) is 12.7. The van der Waals surface area contributed by atoms with Crippen molar-refractivity contribution >= 4 is 22.6 Å². The van der Waals surface area contributed by atoms with Gasteiger partial charge in [0.25, 0.3) is 11.5 Å². The number of carbonyl (C=O) groups excluding carboxylic acids is 2. The van der Waals surface area contributed by atoms with E-state index in [-0.39, 0.29) is 5.69 Å². The van der Waals surface area contributed by atoms with Gasteiger partial charge >= 0.3 is 0 Å². The molecule has 0 atom stereocenters. The number of hydrogen-bond acceptors (Lipinski definition) is 5. The van der Waals surface area contributed by atoms with E-state index in [9.17, 15) is 14.4 Å². The molecular formula is C11H10N4O4. The molecule has 0 unspecified atom stereocenters. The monoisotopic (exact) mass is 262 g/mol. The van der Waals surface area contributed by atoms with Crippen LogP contribution in [-0.2, 0) is 9.63 Å². The van der Waals surface area contributed by atoms with Crippen LogP contribution >= 0.6 is 0 Å². The molecule has 0 spiro atoms. The average Bonchev–Trinajstić information content (AvgIpc) is 2.39. The van der Waals surface area contributed by atoms with Gasteiger partial charge in [0.05, 0.1) is 5.39 Å². The highest BCUT2D eigenvalue weighted by Gasteiger charge is 2.14. The molecule has 0 aliphatic heterocycles. The van der Waals surface area contributed by atoms with E-state index < -0.39 is 24.0 Å². The minimum Gasteiger partial charge on any atom is -0.368 e. The quantitative estimate of drug-likeness (QED) is 0.613.